The van der Waals surface area contributed by atoms with Crippen molar-refractivity contribution in [3.05, 3.63) is 18.7 Å². The molecule has 0 aliphatic rings. The molecule has 0 radical (unpaired) electrons. The molecular weight excluding hydrogens is 215 g/mol. The number of hydrogen-bond donors (Lipinski definition) is 4. The van der Waals surface area contributed by atoms with E-state index in [-0.39, 0.29) is 31.0 Å². The number of hydrogen-bond acceptors (Lipinski definition) is 5. The molecule has 0 unspecified atom stereocenters. The molecule has 6 nitrogen and oxygen atoms in total. The summed E-state index contributed by atoms with van der Waals surface area (Å²) in [4.78, 5) is 33.1. The molecule has 0 saturated carbocycles. The molecule has 14 heavy (non-hydrogen) atoms. The maximum atomic E-state index is 7.33. The van der Waals surface area contributed by atoms with Gasteiger partial charge in [-0.15, -0.1) is 0 Å². The molecule has 4 N–H and O–H groups in total. The fourth-order valence-corrected chi connectivity index (χ4v) is 0.326. The standard InChI is InChI=1S/C4H6N2.C2H6.Na.H4O4Si.H/c1-6-3-2-5-4-6;1-2;;1-5(2,3)4;/h2-4H,1H3;1-2H3;;1-4H;/q;;+1;;-1. The number of aryl methyl sites for hydroxylation is 1. The van der Waals surface area contributed by atoms with Crippen LogP contribution in [0.5, 0.6) is 0 Å². The summed E-state index contributed by atoms with van der Waals surface area (Å²) in [7, 11) is -2.67. The quantitative estimate of drug-likeness (QED) is 0.341. The van der Waals surface area contributed by atoms with Crippen molar-refractivity contribution in [2.45, 2.75) is 13.8 Å². The van der Waals surface area contributed by atoms with Crippen LogP contribution in [0, 0.1) is 0 Å². The Morgan fingerprint density at radius 2 is 1.57 bits per heavy atom. The molecule has 0 bridgehead atoms. The minimum atomic E-state index is -4.61. The summed E-state index contributed by atoms with van der Waals surface area (Å²) in [6.45, 7) is 4.00. The van der Waals surface area contributed by atoms with Crippen LogP contribution in [0.25, 0.3) is 0 Å². The third-order valence-corrected chi connectivity index (χ3v) is 0.637. The van der Waals surface area contributed by atoms with Gasteiger partial charge in [0, 0.05) is 19.4 Å². The van der Waals surface area contributed by atoms with Crippen molar-refractivity contribution in [2.75, 3.05) is 0 Å². The average Bonchev–Trinajstić information content (AvgIpc) is 2.40. The van der Waals surface area contributed by atoms with E-state index in [0.29, 0.717) is 0 Å². The van der Waals surface area contributed by atoms with E-state index < -0.39 is 9.05 Å². The summed E-state index contributed by atoms with van der Waals surface area (Å²) in [6, 6.07) is 0. The van der Waals surface area contributed by atoms with Crippen molar-refractivity contribution in [1.82, 2.24) is 9.55 Å². The minimum absolute atomic E-state index is 0. The number of imidazole rings is 1. The van der Waals surface area contributed by atoms with Gasteiger partial charge < -0.3 is 25.2 Å². The number of aromatic nitrogens is 2. The first kappa shape index (κ1) is 19.8. The first-order chi connectivity index (χ1) is 5.89. The van der Waals surface area contributed by atoms with Crippen LogP contribution in [0.15, 0.2) is 18.7 Å². The molecule has 1 heterocycles. The van der Waals surface area contributed by atoms with Crippen LogP contribution < -0.4 is 29.6 Å². The number of nitrogens with zero attached hydrogens (tertiary/aromatic N) is 2. The van der Waals surface area contributed by atoms with Crippen molar-refractivity contribution in [3.8, 4) is 0 Å². The van der Waals surface area contributed by atoms with Crippen molar-refractivity contribution in [2.24, 2.45) is 7.05 Å². The predicted octanol–water partition coefficient (Wildman–Crippen LogP) is -4.05. The third-order valence-electron chi connectivity index (χ3n) is 0.637. The maximum absolute atomic E-state index is 7.33. The van der Waals surface area contributed by atoms with Gasteiger partial charge in [0.2, 0.25) is 0 Å². The molecule has 0 amide bonds. The van der Waals surface area contributed by atoms with E-state index in [1.807, 2.05) is 31.7 Å². The van der Waals surface area contributed by atoms with Crippen LogP contribution in [-0.4, -0.2) is 37.8 Å². The van der Waals surface area contributed by atoms with E-state index in [1.54, 1.807) is 12.5 Å². The van der Waals surface area contributed by atoms with Gasteiger partial charge in [-0.2, -0.15) is 0 Å². The third kappa shape index (κ3) is 29.5. The molecule has 0 saturated heterocycles. The molecule has 0 fully saturated rings. The topological polar surface area (TPSA) is 98.7 Å². The fraction of sp³-hybridized carbons (Fsp3) is 0.500. The second-order valence-electron chi connectivity index (χ2n) is 1.83. The van der Waals surface area contributed by atoms with E-state index in [0.717, 1.165) is 0 Å². The Morgan fingerprint density at radius 3 is 1.64 bits per heavy atom. The second kappa shape index (κ2) is 11.3. The summed E-state index contributed by atoms with van der Waals surface area (Å²) >= 11 is 0. The van der Waals surface area contributed by atoms with Gasteiger partial charge in [-0.3, -0.25) is 0 Å². The van der Waals surface area contributed by atoms with E-state index in [9.17, 15) is 0 Å². The van der Waals surface area contributed by atoms with Crippen LogP contribution in [0.2, 0.25) is 0 Å². The molecule has 80 valence electrons. The smallest absolute Gasteiger partial charge is 1.00 e. The van der Waals surface area contributed by atoms with Crippen LogP contribution in [0.1, 0.15) is 15.3 Å². The zero-order valence-corrected chi connectivity index (χ0v) is 11.9. The van der Waals surface area contributed by atoms with Gasteiger partial charge >= 0.3 is 38.6 Å². The van der Waals surface area contributed by atoms with E-state index >= 15 is 0 Å². The summed E-state index contributed by atoms with van der Waals surface area (Å²) in [6.07, 6.45) is 5.39. The molecule has 8 heteroatoms. The molecule has 0 aliphatic carbocycles. The summed E-state index contributed by atoms with van der Waals surface area (Å²) in [5.41, 5.74) is 0. The van der Waals surface area contributed by atoms with Crippen LogP contribution in [0.4, 0.5) is 0 Å². The first-order valence-corrected chi connectivity index (χ1v) is 5.50. The van der Waals surface area contributed by atoms with Gasteiger partial charge in [0.15, 0.2) is 0 Å². The van der Waals surface area contributed by atoms with E-state index in [1.165, 1.54) is 0 Å². The molecular formula is C6H17N2NaO4Si. The van der Waals surface area contributed by atoms with Gasteiger partial charge in [-0.05, 0) is 0 Å². The van der Waals surface area contributed by atoms with Crippen molar-refractivity contribution >= 4 is 9.05 Å². The van der Waals surface area contributed by atoms with Gasteiger partial charge in [0.1, 0.15) is 0 Å². The molecule has 1 rings (SSSR count). The Morgan fingerprint density at radius 1 is 1.21 bits per heavy atom. The van der Waals surface area contributed by atoms with Crippen LogP contribution in [0.3, 0.4) is 0 Å². The monoisotopic (exact) mass is 232 g/mol. The Labute approximate surface area is 108 Å². The number of rotatable bonds is 0. The van der Waals surface area contributed by atoms with Gasteiger partial charge in [-0.1, -0.05) is 13.8 Å². The molecule has 1 aromatic heterocycles. The minimum Gasteiger partial charge on any atom is -1.00 e. The normalized spacial score (nSPS) is 8.50. The summed E-state index contributed by atoms with van der Waals surface area (Å²) < 4.78 is 1.89. The molecule has 0 atom stereocenters. The predicted molar refractivity (Wildman–Crippen MR) is 50.3 cm³/mol. The zero-order valence-electron chi connectivity index (χ0n) is 9.92. The zero-order chi connectivity index (χ0) is 10.9. The molecule has 0 spiro atoms. The molecule has 0 aromatic carbocycles. The molecule has 1 aromatic rings. The van der Waals surface area contributed by atoms with Crippen LogP contribution >= 0.6 is 0 Å². The Bertz CT molecular complexity index is 190. The second-order valence-corrected chi connectivity index (χ2v) is 3.03. The van der Waals surface area contributed by atoms with Crippen LogP contribution in [-0.2, 0) is 7.05 Å². The Balaban J connectivity index is -0.0000000629. The summed E-state index contributed by atoms with van der Waals surface area (Å²) in [5, 5.41) is 0. The summed E-state index contributed by atoms with van der Waals surface area (Å²) in [5.74, 6) is 0. The fourth-order valence-electron chi connectivity index (χ4n) is 0.326. The molecule has 0 aliphatic heterocycles. The van der Waals surface area contributed by atoms with Gasteiger partial charge in [0.05, 0.1) is 6.33 Å². The van der Waals surface area contributed by atoms with E-state index in [4.69, 9.17) is 19.2 Å². The SMILES string of the molecule is CC.Cn1ccnc1.O[Si](O)(O)O.[H-].[Na+]. The van der Waals surface area contributed by atoms with Gasteiger partial charge in [0.25, 0.3) is 0 Å². The Hall–Kier alpha value is 0.267. The average molecular weight is 232 g/mol. The Kier molecular flexibility index (Phi) is 16.0. The first-order valence-electron chi connectivity index (χ1n) is 3.71. The van der Waals surface area contributed by atoms with E-state index in [2.05, 4.69) is 4.98 Å². The maximum Gasteiger partial charge on any atom is 1.00 e. The van der Waals surface area contributed by atoms with Gasteiger partial charge in [-0.25, -0.2) is 4.98 Å². The largest absolute Gasteiger partial charge is 1.00 e. The van der Waals surface area contributed by atoms with Crippen molar-refractivity contribution < 1.29 is 50.2 Å². The van der Waals surface area contributed by atoms with Crippen molar-refractivity contribution in [1.29, 1.82) is 0 Å². The van der Waals surface area contributed by atoms with Crippen molar-refractivity contribution in [3.63, 3.8) is 0 Å².